The number of hydrogen-bond acceptors (Lipinski definition) is 7. The number of aliphatic hydroxyl groups excluding tert-OH is 1. The molecular formula is C22H21NO7. The van der Waals surface area contributed by atoms with Gasteiger partial charge >= 0.3 is 0 Å². The molecule has 30 heavy (non-hydrogen) atoms. The van der Waals surface area contributed by atoms with Crippen LogP contribution in [-0.4, -0.2) is 54.2 Å². The number of rotatable bonds is 4. The Morgan fingerprint density at radius 1 is 1.10 bits per heavy atom. The van der Waals surface area contributed by atoms with E-state index in [1.54, 1.807) is 30.3 Å². The van der Waals surface area contributed by atoms with Gasteiger partial charge in [0.25, 0.3) is 11.7 Å². The minimum atomic E-state index is -0.822. The molecule has 8 heteroatoms. The van der Waals surface area contributed by atoms with Crippen LogP contribution in [0.25, 0.3) is 5.76 Å². The Kier molecular flexibility index (Phi) is 4.71. The van der Waals surface area contributed by atoms with Gasteiger partial charge in [0, 0.05) is 18.7 Å². The fourth-order valence-electron chi connectivity index (χ4n) is 4.16. The number of furan rings is 1. The van der Waals surface area contributed by atoms with Crippen LogP contribution < -0.4 is 9.47 Å². The predicted octanol–water partition coefficient (Wildman–Crippen LogP) is 2.65. The summed E-state index contributed by atoms with van der Waals surface area (Å²) in [6.45, 7) is 1.74. The molecule has 0 spiro atoms. The number of fused-ring (bicyclic) bond motifs is 1. The first-order valence-corrected chi connectivity index (χ1v) is 9.97. The van der Waals surface area contributed by atoms with Gasteiger partial charge in [0.05, 0.1) is 17.9 Å². The molecule has 0 aliphatic carbocycles. The molecule has 1 aromatic carbocycles. The normalized spacial score (nSPS) is 25.1. The maximum Gasteiger partial charge on any atom is 0.295 e. The lowest BCUT2D eigenvalue weighted by Gasteiger charge is -2.25. The third kappa shape index (κ3) is 3.13. The van der Waals surface area contributed by atoms with E-state index in [1.807, 2.05) is 0 Å². The Balaban J connectivity index is 1.57. The van der Waals surface area contributed by atoms with Gasteiger partial charge in [-0.05, 0) is 43.2 Å². The van der Waals surface area contributed by atoms with Gasteiger partial charge in [0.2, 0.25) is 0 Å². The van der Waals surface area contributed by atoms with Crippen molar-refractivity contribution in [2.75, 3.05) is 26.4 Å². The quantitative estimate of drug-likeness (QED) is 0.469. The van der Waals surface area contributed by atoms with Crippen LogP contribution in [0.15, 0.2) is 46.6 Å². The van der Waals surface area contributed by atoms with Gasteiger partial charge in [0.1, 0.15) is 30.8 Å². The van der Waals surface area contributed by atoms with Crippen molar-refractivity contribution in [3.05, 3.63) is 53.5 Å². The Bertz CT molecular complexity index is 1000. The van der Waals surface area contributed by atoms with E-state index in [9.17, 15) is 14.7 Å². The molecule has 2 saturated heterocycles. The Morgan fingerprint density at radius 3 is 2.67 bits per heavy atom. The molecule has 2 atom stereocenters. The lowest BCUT2D eigenvalue weighted by molar-refractivity contribution is -0.141. The van der Waals surface area contributed by atoms with Crippen molar-refractivity contribution >= 4 is 17.4 Å². The molecule has 8 nitrogen and oxygen atoms in total. The number of carbonyl (C=O) groups excluding carboxylic acids is 2. The van der Waals surface area contributed by atoms with E-state index in [0.717, 1.165) is 12.8 Å². The zero-order valence-electron chi connectivity index (χ0n) is 16.2. The number of ether oxygens (including phenoxy) is 3. The lowest BCUT2D eigenvalue weighted by atomic mass is 9.99. The molecule has 4 heterocycles. The summed E-state index contributed by atoms with van der Waals surface area (Å²) in [6, 6.07) is 7.47. The number of carbonyl (C=O) groups is 2. The van der Waals surface area contributed by atoms with Crippen molar-refractivity contribution in [2.45, 2.75) is 25.0 Å². The fourth-order valence-corrected chi connectivity index (χ4v) is 4.16. The van der Waals surface area contributed by atoms with Gasteiger partial charge in [0.15, 0.2) is 11.5 Å². The van der Waals surface area contributed by atoms with Crippen molar-refractivity contribution in [3.63, 3.8) is 0 Å². The molecule has 0 radical (unpaired) electrons. The number of amides is 1. The van der Waals surface area contributed by atoms with Crippen LogP contribution in [0.2, 0.25) is 0 Å². The number of benzene rings is 1. The molecule has 2 unspecified atom stereocenters. The summed E-state index contributed by atoms with van der Waals surface area (Å²) in [4.78, 5) is 27.2. The minimum Gasteiger partial charge on any atom is -0.507 e. The average Bonchev–Trinajstić information content (AvgIpc) is 3.52. The minimum absolute atomic E-state index is 0.00961. The maximum atomic E-state index is 13.0. The van der Waals surface area contributed by atoms with E-state index in [2.05, 4.69) is 0 Å². The molecule has 156 valence electrons. The average molecular weight is 411 g/mol. The van der Waals surface area contributed by atoms with Gasteiger partial charge < -0.3 is 28.6 Å². The zero-order chi connectivity index (χ0) is 20.7. The van der Waals surface area contributed by atoms with Crippen molar-refractivity contribution in [1.82, 2.24) is 4.90 Å². The predicted molar refractivity (Wildman–Crippen MR) is 104 cm³/mol. The highest BCUT2D eigenvalue weighted by molar-refractivity contribution is 6.46. The summed E-state index contributed by atoms with van der Waals surface area (Å²) in [5.41, 5.74) is 0.357. The van der Waals surface area contributed by atoms with Gasteiger partial charge in [-0.15, -0.1) is 0 Å². The SMILES string of the molecule is O=C1C(=O)N(CC2CCCO2)C(c2ccco2)/C1=C(/O)c1ccc2c(c1)OCCO2. The third-order valence-corrected chi connectivity index (χ3v) is 5.59. The Labute approximate surface area is 172 Å². The van der Waals surface area contributed by atoms with Gasteiger partial charge in [-0.3, -0.25) is 9.59 Å². The van der Waals surface area contributed by atoms with Crippen LogP contribution in [-0.2, 0) is 14.3 Å². The topological polar surface area (TPSA) is 98.4 Å². The molecule has 3 aliphatic heterocycles. The van der Waals surface area contributed by atoms with Crippen LogP contribution in [0.1, 0.15) is 30.2 Å². The Hall–Kier alpha value is -3.26. The first-order chi connectivity index (χ1) is 14.6. The number of nitrogens with zero attached hydrogens (tertiary/aromatic N) is 1. The summed E-state index contributed by atoms with van der Waals surface area (Å²) in [5, 5.41) is 11.1. The number of likely N-dealkylation sites (tertiary alicyclic amines) is 1. The van der Waals surface area contributed by atoms with Gasteiger partial charge in [-0.25, -0.2) is 0 Å². The smallest absolute Gasteiger partial charge is 0.295 e. The second kappa shape index (κ2) is 7.53. The van der Waals surface area contributed by atoms with Gasteiger partial charge in [-0.2, -0.15) is 0 Å². The molecule has 1 amide bonds. The van der Waals surface area contributed by atoms with Crippen molar-refractivity contribution in [2.24, 2.45) is 0 Å². The lowest BCUT2D eigenvalue weighted by Crippen LogP contribution is -2.36. The first-order valence-electron chi connectivity index (χ1n) is 9.97. The van der Waals surface area contributed by atoms with Crippen LogP contribution >= 0.6 is 0 Å². The molecule has 0 saturated carbocycles. The molecule has 0 bridgehead atoms. The van der Waals surface area contributed by atoms with Crippen molar-refractivity contribution in [3.8, 4) is 11.5 Å². The zero-order valence-corrected chi connectivity index (χ0v) is 16.2. The highest BCUT2D eigenvalue weighted by Crippen LogP contribution is 2.41. The van der Waals surface area contributed by atoms with Gasteiger partial charge in [-0.1, -0.05) is 0 Å². The maximum absolute atomic E-state index is 13.0. The first kappa shape index (κ1) is 18.7. The molecular weight excluding hydrogens is 390 g/mol. The van der Waals surface area contributed by atoms with E-state index < -0.39 is 17.7 Å². The summed E-state index contributed by atoms with van der Waals surface area (Å²) >= 11 is 0. The fraction of sp³-hybridized carbons (Fsp3) is 0.364. The van der Waals surface area contributed by atoms with E-state index >= 15 is 0 Å². The van der Waals surface area contributed by atoms with Crippen molar-refractivity contribution < 1.29 is 33.3 Å². The number of ketones is 1. The molecule has 2 fully saturated rings. The summed E-state index contributed by atoms with van der Waals surface area (Å²) in [7, 11) is 0. The molecule has 1 N–H and O–H groups in total. The van der Waals surface area contributed by atoms with Crippen LogP contribution in [0.3, 0.4) is 0 Å². The van der Waals surface area contributed by atoms with E-state index in [-0.39, 0.29) is 24.0 Å². The molecule has 1 aromatic heterocycles. The molecule has 5 rings (SSSR count). The third-order valence-electron chi connectivity index (χ3n) is 5.59. The highest BCUT2D eigenvalue weighted by Gasteiger charge is 2.48. The number of hydrogen-bond donors (Lipinski definition) is 1. The van der Waals surface area contributed by atoms with E-state index in [4.69, 9.17) is 18.6 Å². The van der Waals surface area contributed by atoms with E-state index in [0.29, 0.717) is 42.6 Å². The highest BCUT2D eigenvalue weighted by atomic mass is 16.6. The summed E-state index contributed by atoms with van der Waals surface area (Å²) < 4.78 is 22.3. The second-order valence-corrected chi connectivity index (χ2v) is 7.46. The molecule has 3 aliphatic rings. The summed E-state index contributed by atoms with van der Waals surface area (Å²) in [5.74, 6) is -0.242. The van der Waals surface area contributed by atoms with Crippen molar-refractivity contribution in [1.29, 1.82) is 0 Å². The largest absolute Gasteiger partial charge is 0.507 e. The van der Waals surface area contributed by atoms with Crippen LogP contribution in [0.4, 0.5) is 0 Å². The summed E-state index contributed by atoms with van der Waals surface area (Å²) in [6.07, 6.45) is 3.06. The Morgan fingerprint density at radius 2 is 1.93 bits per heavy atom. The van der Waals surface area contributed by atoms with Crippen LogP contribution in [0.5, 0.6) is 11.5 Å². The standard InChI is InChI=1S/C22H21NO7/c24-20(13-5-6-15-17(11-13)30-10-9-29-15)18-19(16-4-2-8-28-16)23(22(26)21(18)25)12-14-3-1-7-27-14/h2,4-6,8,11,14,19,24H,1,3,7,9-10,12H2/b20-18-. The van der Waals surface area contributed by atoms with E-state index in [1.165, 1.54) is 11.2 Å². The monoisotopic (exact) mass is 411 g/mol. The van der Waals surface area contributed by atoms with Crippen LogP contribution in [0, 0.1) is 0 Å². The second-order valence-electron chi connectivity index (χ2n) is 7.46. The molecule has 2 aromatic rings. The number of aliphatic hydroxyl groups is 1. The number of Topliss-reactive ketones (excluding diaryl/α,β-unsaturated/α-hetero) is 1.